The average molecular weight is 372 g/mol. The second-order valence-corrected chi connectivity index (χ2v) is 7.94. The van der Waals surface area contributed by atoms with Gasteiger partial charge in [-0.25, -0.2) is 0 Å². The fourth-order valence-corrected chi connectivity index (χ4v) is 5.01. The summed E-state index contributed by atoms with van der Waals surface area (Å²) in [5, 5.41) is 0. The van der Waals surface area contributed by atoms with Crippen molar-refractivity contribution in [3.8, 4) is 0 Å². The zero-order chi connectivity index (χ0) is 16.4. The van der Waals surface area contributed by atoms with E-state index in [0.717, 1.165) is 12.2 Å². The molecular formula is C22H26ClNS. The highest BCUT2D eigenvalue weighted by molar-refractivity contribution is 7.98. The van der Waals surface area contributed by atoms with Gasteiger partial charge in [0.2, 0.25) is 0 Å². The van der Waals surface area contributed by atoms with Crippen molar-refractivity contribution in [2.75, 3.05) is 13.6 Å². The van der Waals surface area contributed by atoms with Gasteiger partial charge in [0.25, 0.3) is 0 Å². The van der Waals surface area contributed by atoms with Gasteiger partial charge in [-0.1, -0.05) is 55.0 Å². The molecule has 1 saturated heterocycles. The molecule has 0 radical (unpaired) electrons. The van der Waals surface area contributed by atoms with E-state index < -0.39 is 0 Å². The van der Waals surface area contributed by atoms with Gasteiger partial charge in [0.15, 0.2) is 0 Å². The topological polar surface area (TPSA) is 3.24 Å². The van der Waals surface area contributed by atoms with Gasteiger partial charge in [-0.15, -0.1) is 24.2 Å². The molecule has 3 heteroatoms. The number of likely N-dealkylation sites (tertiary alicyclic amines) is 1. The SMILES string of the molecule is CN1CCCCC1C/C=C1\c2ccccc2CSc2ccccc21.Cl. The van der Waals surface area contributed by atoms with Crippen LogP contribution < -0.4 is 0 Å². The number of benzene rings is 2. The number of piperidine rings is 1. The molecule has 0 aliphatic carbocycles. The molecule has 2 aromatic rings. The van der Waals surface area contributed by atoms with E-state index in [9.17, 15) is 0 Å². The molecule has 0 spiro atoms. The molecule has 1 atom stereocenters. The first-order chi connectivity index (χ1) is 11.8. The van der Waals surface area contributed by atoms with Crippen molar-refractivity contribution >= 4 is 29.7 Å². The lowest BCUT2D eigenvalue weighted by Crippen LogP contribution is -2.35. The predicted molar refractivity (Wildman–Crippen MR) is 112 cm³/mol. The highest BCUT2D eigenvalue weighted by Crippen LogP contribution is 2.40. The van der Waals surface area contributed by atoms with E-state index in [-0.39, 0.29) is 12.4 Å². The van der Waals surface area contributed by atoms with Gasteiger partial charge in [-0.3, -0.25) is 0 Å². The molecule has 1 fully saturated rings. The standard InChI is InChI=1S/C22H25NS.ClH/c1-23-15-7-6-9-18(23)13-14-20-19-10-3-2-8-17(19)16-24-22-12-5-4-11-21(20)22;/h2-5,8,10-12,14,18H,6-7,9,13,15-16H2,1H3;1H/b20-14+;. The smallest absolute Gasteiger partial charge is 0.0238 e. The van der Waals surface area contributed by atoms with Gasteiger partial charge in [0, 0.05) is 16.7 Å². The lowest BCUT2D eigenvalue weighted by molar-refractivity contribution is 0.187. The number of thioether (sulfide) groups is 1. The monoisotopic (exact) mass is 371 g/mol. The number of hydrogen-bond donors (Lipinski definition) is 0. The first-order valence-corrected chi connectivity index (χ1v) is 10.0. The number of nitrogens with zero attached hydrogens (tertiary/aromatic N) is 1. The van der Waals surface area contributed by atoms with E-state index in [4.69, 9.17) is 0 Å². The van der Waals surface area contributed by atoms with Crippen LogP contribution >= 0.6 is 24.2 Å². The molecule has 2 heterocycles. The van der Waals surface area contributed by atoms with E-state index in [2.05, 4.69) is 66.6 Å². The lowest BCUT2D eigenvalue weighted by atomic mass is 9.91. The fourth-order valence-electron chi connectivity index (χ4n) is 3.94. The van der Waals surface area contributed by atoms with Crippen molar-refractivity contribution in [2.24, 2.45) is 0 Å². The molecule has 0 bridgehead atoms. The lowest BCUT2D eigenvalue weighted by Gasteiger charge is -2.32. The summed E-state index contributed by atoms with van der Waals surface area (Å²) < 4.78 is 0. The zero-order valence-electron chi connectivity index (χ0n) is 14.8. The summed E-state index contributed by atoms with van der Waals surface area (Å²) in [7, 11) is 2.28. The minimum Gasteiger partial charge on any atom is -0.303 e. The summed E-state index contributed by atoms with van der Waals surface area (Å²) in [4.78, 5) is 3.96. The van der Waals surface area contributed by atoms with Crippen molar-refractivity contribution in [1.29, 1.82) is 0 Å². The van der Waals surface area contributed by atoms with Crippen LogP contribution in [-0.4, -0.2) is 24.5 Å². The van der Waals surface area contributed by atoms with Crippen molar-refractivity contribution < 1.29 is 0 Å². The maximum atomic E-state index is 2.55. The van der Waals surface area contributed by atoms with Crippen LogP contribution in [0.2, 0.25) is 0 Å². The van der Waals surface area contributed by atoms with Gasteiger partial charge in [-0.2, -0.15) is 0 Å². The molecule has 2 aromatic carbocycles. The Morgan fingerprint density at radius 1 is 1.04 bits per heavy atom. The normalized spacial score (nSPS) is 21.8. The van der Waals surface area contributed by atoms with Crippen LogP contribution in [0.1, 0.15) is 42.4 Å². The molecule has 132 valence electrons. The van der Waals surface area contributed by atoms with Crippen LogP contribution in [0.5, 0.6) is 0 Å². The summed E-state index contributed by atoms with van der Waals surface area (Å²) >= 11 is 1.97. The van der Waals surface area contributed by atoms with Gasteiger partial charge in [0.1, 0.15) is 0 Å². The third-order valence-electron chi connectivity index (χ3n) is 5.38. The van der Waals surface area contributed by atoms with Crippen LogP contribution in [0.25, 0.3) is 5.57 Å². The Morgan fingerprint density at radius 2 is 1.80 bits per heavy atom. The van der Waals surface area contributed by atoms with Crippen LogP contribution in [-0.2, 0) is 5.75 Å². The third-order valence-corrected chi connectivity index (χ3v) is 6.51. The van der Waals surface area contributed by atoms with E-state index in [1.54, 1.807) is 0 Å². The van der Waals surface area contributed by atoms with E-state index in [1.807, 2.05) is 11.8 Å². The van der Waals surface area contributed by atoms with Crippen LogP contribution in [0.3, 0.4) is 0 Å². The van der Waals surface area contributed by atoms with Crippen LogP contribution in [0, 0.1) is 0 Å². The quantitative estimate of drug-likeness (QED) is 0.634. The summed E-state index contributed by atoms with van der Waals surface area (Å²) in [5.41, 5.74) is 5.73. The second kappa shape index (κ2) is 8.44. The van der Waals surface area contributed by atoms with E-state index in [0.29, 0.717) is 6.04 Å². The molecule has 2 aliphatic heterocycles. The van der Waals surface area contributed by atoms with E-state index >= 15 is 0 Å². The van der Waals surface area contributed by atoms with Crippen molar-refractivity contribution in [3.63, 3.8) is 0 Å². The van der Waals surface area contributed by atoms with Crippen molar-refractivity contribution in [3.05, 3.63) is 71.3 Å². The minimum atomic E-state index is 0. The minimum absolute atomic E-state index is 0. The molecule has 1 unspecified atom stereocenters. The third kappa shape index (κ3) is 3.97. The Hall–Kier alpha value is -1.22. The molecule has 0 aromatic heterocycles. The van der Waals surface area contributed by atoms with Gasteiger partial charge < -0.3 is 4.90 Å². The Labute approximate surface area is 161 Å². The average Bonchev–Trinajstić information content (AvgIpc) is 2.78. The Balaban J connectivity index is 0.00000182. The van der Waals surface area contributed by atoms with Gasteiger partial charge >= 0.3 is 0 Å². The Kier molecular flexibility index (Phi) is 6.27. The van der Waals surface area contributed by atoms with Crippen molar-refractivity contribution in [2.45, 2.75) is 42.4 Å². The van der Waals surface area contributed by atoms with Gasteiger partial charge in [0.05, 0.1) is 0 Å². The fraction of sp³-hybridized carbons (Fsp3) is 0.364. The molecule has 4 rings (SSSR count). The van der Waals surface area contributed by atoms with Crippen LogP contribution in [0.4, 0.5) is 0 Å². The Morgan fingerprint density at radius 3 is 2.64 bits per heavy atom. The zero-order valence-corrected chi connectivity index (χ0v) is 16.4. The molecule has 2 aliphatic rings. The number of rotatable bonds is 2. The highest BCUT2D eigenvalue weighted by atomic mass is 35.5. The summed E-state index contributed by atoms with van der Waals surface area (Å²) in [6.45, 7) is 1.25. The number of fused-ring (bicyclic) bond motifs is 2. The molecule has 0 amide bonds. The van der Waals surface area contributed by atoms with E-state index in [1.165, 1.54) is 53.0 Å². The predicted octanol–water partition coefficient (Wildman–Crippen LogP) is 6.02. The molecule has 25 heavy (non-hydrogen) atoms. The second-order valence-electron chi connectivity index (χ2n) is 6.93. The number of halogens is 1. The molecular weight excluding hydrogens is 346 g/mol. The number of hydrogen-bond acceptors (Lipinski definition) is 2. The maximum Gasteiger partial charge on any atom is 0.0238 e. The molecule has 0 saturated carbocycles. The van der Waals surface area contributed by atoms with Crippen molar-refractivity contribution in [1.82, 2.24) is 4.90 Å². The first-order valence-electron chi connectivity index (χ1n) is 9.04. The maximum absolute atomic E-state index is 2.55. The Bertz CT molecular complexity index is 706. The van der Waals surface area contributed by atoms with Crippen LogP contribution in [0.15, 0.2) is 59.5 Å². The summed E-state index contributed by atoms with van der Waals surface area (Å²) in [6, 6.07) is 18.5. The first kappa shape index (κ1) is 18.6. The molecule has 1 nitrogen and oxygen atoms in total. The summed E-state index contributed by atoms with van der Waals surface area (Å²) in [5.74, 6) is 1.06. The molecule has 0 N–H and O–H groups in total. The highest BCUT2D eigenvalue weighted by Gasteiger charge is 2.21. The summed E-state index contributed by atoms with van der Waals surface area (Å²) in [6.07, 6.45) is 7.72. The van der Waals surface area contributed by atoms with Gasteiger partial charge in [-0.05, 0) is 61.2 Å². The largest absolute Gasteiger partial charge is 0.303 e.